The molecule has 3 rings (SSSR count). The van der Waals surface area contributed by atoms with E-state index in [2.05, 4.69) is 90.1 Å². The topological polar surface area (TPSA) is 25.3 Å². The summed E-state index contributed by atoms with van der Waals surface area (Å²) in [4.78, 5) is 0. The van der Waals surface area contributed by atoms with Crippen LogP contribution in [-0.2, 0) is 27.3 Å². The van der Waals surface area contributed by atoms with Gasteiger partial charge in [-0.1, -0.05) is 246 Å². The molecular formula is C82H146N2Ni. The summed E-state index contributed by atoms with van der Waals surface area (Å²) < 4.78 is 1.58. The summed E-state index contributed by atoms with van der Waals surface area (Å²) in [5, 5.41) is 2.87. The molecule has 0 atom stereocenters. The zero-order valence-corrected chi connectivity index (χ0v) is 59.2. The third-order valence-electron chi connectivity index (χ3n) is 18.7. The molecule has 0 fully saturated rings. The van der Waals surface area contributed by atoms with Crippen LogP contribution >= 0.6 is 0 Å². The van der Waals surface area contributed by atoms with Gasteiger partial charge in [0.25, 0.3) is 0 Å². The summed E-state index contributed by atoms with van der Waals surface area (Å²) in [5.41, 5.74) is 22.0. The van der Waals surface area contributed by atoms with Gasteiger partial charge in [-0.15, -0.1) is 0 Å². The Balaban J connectivity index is 0.000000590. The van der Waals surface area contributed by atoms with E-state index in [0.29, 0.717) is 0 Å². The second-order valence-electron chi connectivity index (χ2n) is 26.8. The molecule has 2 aromatic carbocycles. The zero-order chi connectivity index (χ0) is 61.0. The summed E-state index contributed by atoms with van der Waals surface area (Å²) >= 11 is 2.05. The number of hydrogen-bond donors (Lipinski definition) is 0. The number of rotatable bonds is 62. The molecule has 0 bridgehead atoms. The Morgan fingerprint density at radius 1 is 0.235 bits per heavy atom. The molecule has 0 saturated carbocycles. The van der Waals surface area contributed by atoms with Gasteiger partial charge in [-0.3, -0.25) is 0 Å². The summed E-state index contributed by atoms with van der Waals surface area (Å²) in [6.45, 7) is 13.8. The van der Waals surface area contributed by atoms with Gasteiger partial charge in [0.1, 0.15) is 0 Å². The molecule has 1 aliphatic rings. The van der Waals surface area contributed by atoms with E-state index in [1.807, 2.05) is 14.4 Å². The maximum absolute atomic E-state index is 12.0. The fraction of sp³-hybridized carbons (Fsp3) is 0.805. The van der Waals surface area contributed by atoms with E-state index in [0.717, 1.165) is 48.2 Å². The van der Waals surface area contributed by atoms with Gasteiger partial charge in [0.15, 0.2) is 0 Å². The molecule has 0 radical (unpaired) electrons. The Bertz CT molecular complexity index is 1670. The van der Waals surface area contributed by atoms with E-state index in [-0.39, 0.29) is 0 Å². The molecule has 0 aromatic heterocycles. The Morgan fingerprint density at radius 2 is 0.424 bits per heavy atom. The van der Waals surface area contributed by atoms with Crippen molar-refractivity contribution in [1.82, 2.24) is 0 Å². The van der Waals surface area contributed by atoms with Crippen LogP contribution in [0.1, 0.15) is 423 Å². The van der Waals surface area contributed by atoms with Crippen molar-refractivity contribution in [2.45, 2.75) is 425 Å². The van der Waals surface area contributed by atoms with Crippen LogP contribution in [0.25, 0.3) is 16.9 Å². The molecule has 2 aromatic rings. The second kappa shape index (κ2) is 60.9. The molecule has 1 heterocycles. The van der Waals surface area contributed by atoms with E-state index < -0.39 is 0 Å². The molecule has 0 aliphatic carbocycles. The van der Waals surface area contributed by atoms with Gasteiger partial charge < -0.3 is 5.53 Å². The first-order chi connectivity index (χ1) is 42.1. The molecule has 0 N–H and O–H groups in total. The van der Waals surface area contributed by atoms with E-state index >= 15 is 0 Å². The van der Waals surface area contributed by atoms with Crippen molar-refractivity contribution in [2.24, 2.45) is 0 Å². The van der Waals surface area contributed by atoms with E-state index in [9.17, 15) is 5.53 Å². The number of benzene rings is 2. The predicted molar refractivity (Wildman–Crippen MR) is 380 cm³/mol. The van der Waals surface area contributed by atoms with Crippen molar-refractivity contribution in [2.75, 3.05) is 0 Å². The van der Waals surface area contributed by atoms with Crippen molar-refractivity contribution in [3.8, 4) is 0 Å². The Hall–Kier alpha value is -1.99. The molecule has 3 heteroatoms. The smallest absolute Gasteiger partial charge is 0.493 e. The molecule has 494 valence electrons. The minimum atomic E-state index is 1.03. The quantitative estimate of drug-likeness (QED) is 0.0358. The third kappa shape index (κ3) is 43.4. The van der Waals surface area contributed by atoms with Gasteiger partial charge in [-0.25, -0.2) is 4.70 Å². The Morgan fingerprint density at radius 3 is 0.659 bits per heavy atom. The van der Waals surface area contributed by atoms with Gasteiger partial charge in [0.2, 0.25) is 11.4 Å². The van der Waals surface area contributed by atoms with Crippen molar-refractivity contribution in [3.05, 3.63) is 87.5 Å². The van der Waals surface area contributed by atoms with E-state index in [1.54, 1.807) is 4.70 Å². The van der Waals surface area contributed by atoms with Gasteiger partial charge in [-0.05, 0) is 86.8 Å². The summed E-state index contributed by atoms with van der Waals surface area (Å²) in [6.07, 6.45) is 80.5. The van der Waals surface area contributed by atoms with Crippen LogP contribution < -0.4 is 0 Å². The van der Waals surface area contributed by atoms with Crippen LogP contribution in [0.5, 0.6) is 0 Å². The van der Waals surface area contributed by atoms with Crippen molar-refractivity contribution in [3.63, 3.8) is 0 Å². The van der Waals surface area contributed by atoms with Crippen molar-refractivity contribution >= 4 is 11.4 Å². The van der Waals surface area contributed by atoms with Crippen LogP contribution in [0.15, 0.2) is 59.7 Å². The maximum atomic E-state index is 12.0. The summed E-state index contributed by atoms with van der Waals surface area (Å²) in [5.74, 6) is 0. The normalized spacial score (nSPS) is 12.6. The number of nitrogens with zero attached hydrogens (tertiary/aromatic N) is 2. The number of aryl methyl sites for hydroxylation is 2. The molecular weight excluding hydrogens is 1070 g/mol. The zero-order valence-electron chi connectivity index (χ0n) is 58.3. The first-order valence-corrected chi connectivity index (χ1v) is 40.0. The average molecular weight is 1220 g/mol. The van der Waals surface area contributed by atoms with E-state index in [1.165, 1.54) is 380 Å². The SMILES string of the molecule is CCCCCCCCCCCCCCCCCC[CH2][Ni][CH2]CCCCCCCCCCCCCCCCCC.CCCCCCCCc1ccc(C2=C(CCCCCC)C(CCCCCC)=C(c3ccc(CCCCCCCC)cc3)[N+]2=[N-])cc1. The molecule has 0 unspecified atom stereocenters. The minimum absolute atomic E-state index is 1.03. The fourth-order valence-electron chi connectivity index (χ4n) is 13.0. The van der Waals surface area contributed by atoms with E-state index in [4.69, 9.17) is 0 Å². The number of allylic oxidation sites excluding steroid dienone is 2. The van der Waals surface area contributed by atoms with Crippen molar-refractivity contribution < 1.29 is 19.1 Å². The monoisotopic (exact) mass is 1220 g/mol. The molecule has 0 spiro atoms. The average Bonchev–Trinajstić information content (AvgIpc) is 2.41. The van der Waals surface area contributed by atoms with Crippen LogP contribution in [-0.4, -0.2) is 4.70 Å². The Labute approximate surface area is 539 Å². The van der Waals surface area contributed by atoms with Crippen LogP contribution in [0, 0.1) is 0 Å². The van der Waals surface area contributed by atoms with Gasteiger partial charge in [0.05, 0.1) is 0 Å². The number of unbranched alkanes of at least 4 members (excludes halogenated alkanes) is 48. The number of hydrogen-bond acceptors (Lipinski definition) is 0. The Kier molecular flexibility index (Phi) is 56.7. The van der Waals surface area contributed by atoms with Crippen LogP contribution in [0.4, 0.5) is 0 Å². The molecule has 0 amide bonds. The van der Waals surface area contributed by atoms with Crippen molar-refractivity contribution in [1.29, 1.82) is 0 Å². The van der Waals surface area contributed by atoms with Gasteiger partial charge in [0, 0.05) is 22.3 Å². The fourth-order valence-corrected chi connectivity index (χ4v) is 14.2. The molecule has 85 heavy (non-hydrogen) atoms. The molecule has 2 nitrogen and oxygen atoms in total. The van der Waals surface area contributed by atoms with Gasteiger partial charge >= 0.3 is 166 Å². The molecule has 0 saturated heterocycles. The first kappa shape index (κ1) is 79.1. The first-order valence-electron chi connectivity index (χ1n) is 38.6. The summed E-state index contributed by atoms with van der Waals surface area (Å²) in [7, 11) is 0. The van der Waals surface area contributed by atoms with Gasteiger partial charge in [-0.2, -0.15) is 0 Å². The van der Waals surface area contributed by atoms with Crippen LogP contribution in [0.3, 0.4) is 0 Å². The second-order valence-corrected chi connectivity index (χ2v) is 28.3. The summed E-state index contributed by atoms with van der Waals surface area (Å²) in [6, 6.07) is 18.4. The minimum Gasteiger partial charge on any atom is -0.493 e. The predicted octanol–water partition coefficient (Wildman–Crippen LogP) is 29.8. The van der Waals surface area contributed by atoms with Crippen LogP contribution in [0.2, 0.25) is 10.8 Å². The standard InChI is InChI=1S/C44H68N2.2C19H39.Ni/c1-5-9-13-17-19-21-25-37-29-33-39(34-30-37)43-41(27-23-15-11-7-3)42(28-24-16-12-8-4)44(46(43)45)40-35-31-38(32-36-40)26-22-20-18-14-10-6-2;2*1-3-5-7-9-11-13-15-17-19-18-16-14-12-10-8-6-4-2;/h29-36H,5-28H2,1-4H3;2*1,3-19H2,2H3;. The third-order valence-corrected chi connectivity index (χ3v) is 20.1. The molecule has 1 aliphatic heterocycles.